The molecule has 1 heterocycles. The summed E-state index contributed by atoms with van der Waals surface area (Å²) >= 11 is 0. The molecule has 0 radical (unpaired) electrons. The number of esters is 1. The van der Waals surface area contributed by atoms with Crippen LogP contribution in [0.25, 0.3) is 11.4 Å². The fourth-order valence-corrected chi connectivity index (χ4v) is 4.61. The number of carbonyl (C=O) groups excluding carboxylic acids is 1. The second kappa shape index (κ2) is 16.2. The number of ether oxygens (including phenoxy) is 3. The summed E-state index contributed by atoms with van der Waals surface area (Å²) in [5.74, 6) is 0.789. The van der Waals surface area contributed by atoms with Crippen LogP contribution in [0, 0.1) is 6.92 Å². The van der Waals surface area contributed by atoms with Crippen molar-refractivity contribution in [2.24, 2.45) is 9.98 Å². The number of benzene rings is 1. The quantitative estimate of drug-likeness (QED) is 0.0681. The lowest BCUT2D eigenvalue weighted by molar-refractivity contribution is -0.138. The molecule has 12 heteroatoms. The molecule has 0 fully saturated rings. The molecule has 0 amide bonds. The van der Waals surface area contributed by atoms with E-state index < -0.39 is 20.4 Å². The number of aliphatic imine (C=N–C) groups is 2. The molecule has 0 saturated heterocycles. The highest BCUT2D eigenvalue weighted by atomic mass is 28.3. The van der Waals surface area contributed by atoms with E-state index >= 15 is 4.39 Å². The van der Waals surface area contributed by atoms with Crippen molar-refractivity contribution in [1.82, 2.24) is 15.1 Å². The van der Waals surface area contributed by atoms with Crippen molar-refractivity contribution < 1.29 is 27.9 Å². The molecule has 2 aromatic rings. The summed E-state index contributed by atoms with van der Waals surface area (Å²) in [4.78, 5) is 28.2. The second-order valence-electron chi connectivity index (χ2n) is 11.1. The molecule has 0 aliphatic rings. The average Bonchev–Trinajstić information content (AvgIpc) is 3.37. The summed E-state index contributed by atoms with van der Waals surface area (Å²) < 4.78 is 36.0. The van der Waals surface area contributed by atoms with Crippen LogP contribution >= 0.6 is 0 Å². The summed E-state index contributed by atoms with van der Waals surface area (Å²) in [5.41, 5.74) is 1.71. The predicted molar refractivity (Wildman–Crippen MR) is 167 cm³/mol. The van der Waals surface area contributed by atoms with E-state index in [1.165, 1.54) is 27.4 Å². The van der Waals surface area contributed by atoms with Crippen molar-refractivity contribution in [3.63, 3.8) is 0 Å². The van der Waals surface area contributed by atoms with Gasteiger partial charge in [-0.25, -0.2) is 9.38 Å². The number of rotatable bonds is 15. The number of alkyl halides is 1. The van der Waals surface area contributed by atoms with Gasteiger partial charge in [0.1, 0.15) is 26.7 Å². The molecule has 230 valence electrons. The van der Waals surface area contributed by atoms with Crippen LogP contribution in [0.4, 0.5) is 10.1 Å². The van der Waals surface area contributed by atoms with Crippen molar-refractivity contribution in [3.8, 4) is 11.4 Å². The smallest absolute Gasteiger partial charge is 0.327 e. The molecule has 1 unspecified atom stereocenters. The van der Waals surface area contributed by atoms with Gasteiger partial charge in [0.2, 0.25) is 11.7 Å². The first kappa shape index (κ1) is 34.7. The summed E-state index contributed by atoms with van der Waals surface area (Å²) in [6.07, 6.45) is 3.22. The van der Waals surface area contributed by atoms with E-state index in [-0.39, 0.29) is 29.5 Å². The Hall–Kier alpha value is -3.48. The Balaban J connectivity index is 2.26. The maximum absolute atomic E-state index is 15.0. The van der Waals surface area contributed by atoms with Crippen LogP contribution in [0.1, 0.15) is 33.6 Å². The first-order chi connectivity index (χ1) is 19.8. The maximum Gasteiger partial charge on any atom is 0.327 e. The molecule has 0 saturated carbocycles. The van der Waals surface area contributed by atoms with Crippen LogP contribution in [-0.2, 0) is 19.0 Å². The lowest BCUT2D eigenvalue weighted by Crippen LogP contribution is -2.53. The molecule has 2 rings (SSSR count). The standard InChI is InChI=1S/C30H44FN5O5Si/c1-21(31)26(18-25(38-6)14-16-40-17-15-33-42(8,9)30(3,4)5)27(19-32-20-28(37)39-7)35-24-12-10-23(11-13-24)29-34-22(2)41-36-29/h10-14,18-19,21,33H,15-17,20H2,1-9H3/b25-14+,26-18+,32-19?,35-27?. The number of halogens is 1. The van der Waals surface area contributed by atoms with Crippen LogP contribution in [0.5, 0.6) is 0 Å². The number of carbonyl (C=O) groups is 1. The summed E-state index contributed by atoms with van der Waals surface area (Å²) in [5, 5.41) is 4.15. The molecule has 10 nitrogen and oxygen atoms in total. The van der Waals surface area contributed by atoms with Gasteiger partial charge in [-0.1, -0.05) is 39.0 Å². The van der Waals surface area contributed by atoms with Gasteiger partial charge in [0, 0.05) is 30.8 Å². The fraction of sp³-hybridized carbons (Fsp3) is 0.500. The number of aromatic nitrogens is 2. The number of hydrogen-bond acceptors (Lipinski definition) is 10. The number of allylic oxidation sites excluding steroid dienone is 2. The molecular formula is C30H44FN5O5Si. The first-order valence-electron chi connectivity index (χ1n) is 13.8. The van der Waals surface area contributed by atoms with Crippen molar-refractivity contribution in [3.05, 3.63) is 53.6 Å². The zero-order valence-electron chi connectivity index (χ0n) is 26.2. The minimum atomic E-state index is -1.60. The van der Waals surface area contributed by atoms with E-state index in [0.717, 1.165) is 12.1 Å². The number of nitrogens with one attached hydrogen (secondary N) is 1. The van der Waals surface area contributed by atoms with Gasteiger partial charge in [0.05, 0.1) is 38.8 Å². The van der Waals surface area contributed by atoms with Crippen LogP contribution in [0.3, 0.4) is 0 Å². The maximum atomic E-state index is 15.0. The van der Waals surface area contributed by atoms with Gasteiger partial charge in [0.25, 0.3) is 0 Å². The molecule has 1 atom stereocenters. The van der Waals surface area contributed by atoms with Gasteiger partial charge in [-0.3, -0.25) is 9.79 Å². The van der Waals surface area contributed by atoms with Gasteiger partial charge in [-0.2, -0.15) is 4.98 Å². The largest absolute Gasteiger partial charge is 0.497 e. The molecule has 1 aromatic heterocycles. The second-order valence-corrected chi connectivity index (χ2v) is 16.2. The molecule has 42 heavy (non-hydrogen) atoms. The van der Waals surface area contributed by atoms with Gasteiger partial charge in [-0.15, -0.1) is 0 Å². The Morgan fingerprint density at radius 2 is 1.88 bits per heavy atom. The Morgan fingerprint density at radius 1 is 1.19 bits per heavy atom. The van der Waals surface area contributed by atoms with E-state index in [2.05, 4.69) is 63.7 Å². The third-order valence-electron chi connectivity index (χ3n) is 6.91. The zero-order chi connectivity index (χ0) is 31.3. The molecule has 0 bridgehead atoms. The minimum absolute atomic E-state index is 0.217. The fourth-order valence-electron chi connectivity index (χ4n) is 3.35. The zero-order valence-corrected chi connectivity index (χ0v) is 27.2. The van der Waals surface area contributed by atoms with E-state index in [1.54, 1.807) is 43.3 Å². The van der Waals surface area contributed by atoms with Crippen LogP contribution < -0.4 is 4.98 Å². The monoisotopic (exact) mass is 601 g/mol. The number of aryl methyl sites for hydroxylation is 1. The van der Waals surface area contributed by atoms with E-state index in [9.17, 15) is 4.79 Å². The molecular weight excluding hydrogens is 557 g/mol. The van der Waals surface area contributed by atoms with Gasteiger partial charge in [0.15, 0.2) is 0 Å². The number of hydrogen-bond donors (Lipinski definition) is 1. The Kier molecular flexibility index (Phi) is 13.4. The summed E-state index contributed by atoms with van der Waals surface area (Å²) in [7, 11) is 1.18. The first-order valence-corrected chi connectivity index (χ1v) is 16.8. The average molecular weight is 602 g/mol. The molecule has 0 aliphatic carbocycles. The number of nitrogens with zero attached hydrogens (tertiary/aromatic N) is 4. The van der Waals surface area contributed by atoms with Crippen molar-refractivity contribution in [2.45, 2.75) is 58.9 Å². The summed E-state index contributed by atoms with van der Waals surface area (Å²) in [6, 6.07) is 7.06. The van der Waals surface area contributed by atoms with Crippen LogP contribution in [-0.4, -0.2) is 83.0 Å². The topological polar surface area (TPSA) is 120 Å². The third kappa shape index (κ3) is 11.1. The predicted octanol–water partition coefficient (Wildman–Crippen LogP) is 5.79. The normalized spacial score (nSPS) is 14.4. The Morgan fingerprint density at radius 3 is 2.43 bits per heavy atom. The van der Waals surface area contributed by atoms with Crippen molar-refractivity contribution >= 4 is 31.8 Å². The van der Waals surface area contributed by atoms with Gasteiger partial charge in [-0.05, 0) is 48.4 Å². The lowest BCUT2D eigenvalue weighted by atomic mass is 10.1. The van der Waals surface area contributed by atoms with Gasteiger partial charge >= 0.3 is 5.97 Å². The van der Waals surface area contributed by atoms with Gasteiger partial charge < -0.3 is 23.7 Å². The highest BCUT2D eigenvalue weighted by Crippen LogP contribution is 2.33. The van der Waals surface area contributed by atoms with Crippen molar-refractivity contribution in [1.29, 1.82) is 0 Å². The summed E-state index contributed by atoms with van der Waals surface area (Å²) in [6.45, 7) is 15.8. The van der Waals surface area contributed by atoms with E-state index in [1.807, 2.05) is 0 Å². The lowest BCUT2D eigenvalue weighted by Gasteiger charge is -2.37. The molecule has 0 aliphatic heterocycles. The minimum Gasteiger partial charge on any atom is -0.497 e. The van der Waals surface area contributed by atoms with Crippen LogP contribution in [0.15, 0.2) is 62.3 Å². The Bertz CT molecular complexity index is 1280. The highest BCUT2D eigenvalue weighted by Gasteiger charge is 2.34. The number of methoxy groups -OCH3 is 2. The Labute approximate surface area is 249 Å². The van der Waals surface area contributed by atoms with Crippen molar-refractivity contribution in [2.75, 3.05) is 40.5 Å². The molecule has 1 aromatic carbocycles. The molecule has 1 N–H and O–H groups in total. The SMILES string of the molecule is COC(=O)CN=CC(=Nc1ccc(-c2noc(C)n2)cc1)/C(=C/C(=C\COCCN[Si](C)(C)C(C)(C)C)OC)C(C)F. The third-order valence-corrected chi connectivity index (χ3v) is 11.8. The highest BCUT2D eigenvalue weighted by molar-refractivity contribution is 6.77. The van der Waals surface area contributed by atoms with E-state index in [0.29, 0.717) is 29.8 Å². The van der Waals surface area contributed by atoms with Crippen LogP contribution in [0.2, 0.25) is 18.1 Å². The molecule has 0 spiro atoms. The van der Waals surface area contributed by atoms with E-state index in [4.69, 9.17) is 14.0 Å².